The van der Waals surface area contributed by atoms with Crippen molar-refractivity contribution in [3.05, 3.63) is 36.8 Å². The van der Waals surface area contributed by atoms with E-state index in [9.17, 15) is 10.2 Å². The summed E-state index contributed by atoms with van der Waals surface area (Å²) in [6, 6.07) is 7.31. The number of hydrogen-bond donors (Lipinski definition) is 2. The number of imidazole rings is 1. The molecule has 0 fully saturated rings. The molecule has 2 heterocycles. The minimum absolute atomic E-state index is 0.492. The number of nitrogens with zero attached hydrogens (tertiary/aromatic N) is 3. The molecule has 0 bridgehead atoms. The van der Waals surface area contributed by atoms with E-state index in [0.29, 0.717) is 0 Å². The molecule has 2 atom stereocenters. The Kier molecular flexibility index (Phi) is 3.19. The summed E-state index contributed by atoms with van der Waals surface area (Å²) in [5.74, 6) is 0. The molecule has 5 heteroatoms. The summed E-state index contributed by atoms with van der Waals surface area (Å²) in [5.41, 5.74) is 1.43. The monoisotopic (exact) mass is 285 g/mol. The number of aliphatic hydroxyl groups is 2. The lowest BCUT2D eigenvalue weighted by molar-refractivity contribution is -0.0302. The second-order valence-corrected chi connectivity index (χ2v) is 6.00. The van der Waals surface area contributed by atoms with Crippen LogP contribution in [0.3, 0.4) is 0 Å². The third-order valence-electron chi connectivity index (χ3n) is 3.79. The van der Waals surface area contributed by atoms with E-state index in [1.807, 2.05) is 28.8 Å². The van der Waals surface area contributed by atoms with Crippen molar-refractivity contribution in [2.45, 2.75) is 38.5 Å². The fourth-order valence-corrected chi connectivity index (χ4v) is 3.04. The highest BCUT2D eigenvalue weighted by atomic mass is 16.3. The number of rotatable bonds is 3. The van der Waals surface area contributed by atoms with Gasteiger partial charge in [-0.1, -0.05) is 18.2 Å². The Morgan fingerprint density at radius 1 is 1.14 bits per heavy atom. The Hall–Kier alpha value is -1.98. The maximum atomic E-state index is 10.4. The molecule has 0 aliphatic rings. The van der Waals surface area contributed by atoms with Crippen molar-refractivity contribution in [3.63, 3.8) is 0 Å². The third kappa shape index (κ3) is 2.28. The number of para-hydroxylation sites is 1. The number of benzene rings is 1. The van der Waals surface area contributed by atoms with Crippen LogP contribution in [0.2, 0.25) is 0 Å². The third-order valence-corrected chi connectivity index (χ3v) is 3.79. The Bertz CT molecular complexity index is 787. The van der Waals surface area contributed by atoms with Crippen molar-refractivity contribution < 1.29 is 10.2 Å². The lowest BCUT2D eigenvalue weighted by Gasteiger charge is -2.33. The van der Waals surface area contributed by atoms with Crippen LogP contribution in [0.4, 0.5) is 0 Å². The first-order valence-corrected chi connectivity index (χ1v) is 7.00. The van der Waals surface area contributed by atoms with Crippen molar-refractivity contribution in [1.29, 1.82) is 0 Å². The maximum Gasteiger partial charge on any atom is 0.107 e. The molecule has 0 unspecified atom stereocenters. The van der Waals surface area contributed by atoms with E-state index in [0.717, 1.165) is 21.9 Å². The Balaban J connectivity index is 2.35. The van der Waals surface area contributed by atoms with Gasteiger partial charge in [0.1, 0.15) is 5.52 Å². The molecule has 0 amide bonds. The summed E-state index contributed by atoms with van der Waals surface area (Å²) in [6.45, 7) is 5.07. The highest BCUT2D eigenvalue weighted by molar-refractivity contribution is 6.02. The van der Waals surface area contributed by atoms with Gasteiger partial charge in [-0.05, 0) is 26.8 Å². The van der Waals surface area contributed by atoms with Crippen molar-refractivity contribution in [2.75, 3.05) is 0 Å². The highest BCUT2D eigenvalue weighted by Crippen LogP contribution is 2.32. The van der Waals surface area contributed by atoms with Gasteiger partial charge in [-0.3, -0.25) is 4.98 Å². The number of aliphatic hydroxyl groups excluding tert-OH is 1. The van der Waals surface area contributed by atoms with E-state index < -0.39 is 17.7 Å². The first-order chi connectivity index (χ1) is 9.89. The first kappa shape index (κ1) is 14.0. The van der Waals surface area contributed by atoms with Crippen molar-refractivity contribution in [2.24, 2.45) is 0 Å². The lowest BCUT2D eigenvalue weighted by atomic mass is 9.94. The molecule has 0 aliphatic heterocycles. The van der Waals surface area contributed by atoms with Crippen LogP contribution in [-0.2, 0) is 0 Å². The predicted octanol–water partition coefficient (Wildman–Crippen LogP) is 2.28. The van der Waals surface area contributed by atoms with E-state index >= 15 is 0 Å². The second-order valence-electron chi connectivity index (χ2n) is 6.00. The molecule has 0 saturated carbocycles. The van der Waals surface area contributed by atoms with Crippen LogP contribution in [0.1, 0.15) is 26.8 Å². The van der Waals surface area contributed by atoms with Crippen LogP contribution in [-0.4, -0.2) is 36.5 Å². The smallest absolute Gasteiger partial charge is 0.107 e. The molecule has 0 radical (unpaired) electrons. The molecule has 3 rings (SSSR count). The summed E-state index contributed by atoms with van der Waals surface area (Å²) < 4.78 is 1.85. The molecule has 21 heavy (non-hydrogen) atoms. The number of pyridine rings is 1. The van der Waals surface area contributed by atoms with Crippen LogP contribution in [0, 0.1) is 0 Å². The van der Waals surface area contributed by atoms with Crippen LogP contribution in [0.15, 0.2) is 36.8 Å². The Morgan fingerprint density at radius 2 is 1.86 bits per heavy atom. The number of aromatic nitrogens is 3. The molecule has 110 valence electrons. The second kappa shape index (κ2) is 4.79. The van der Waals surface area contributed by atoms with Gasteiger partial charge in [-0.15, -0.1) is 0 Å². The maximum absolute atomic E-state index is 10.4. The predicted molar refractivity (Wildman–Crippen MR) is 82.0 cm³/mol. The fourth-order valence-electron chi connectivity index (χ4n) is 3.04. The van der Waals surface area contributed by atoms with Crippen molar-refractivity contribution in [3.8, 4) is 0 Å². The molecular weight excluding hydrogens is 266 g/mol. The van der Waals surface area contributed by atoms with Gasteiger partial charge in [-0.2, -0.15) is 0 Å². The zero-order valence-corrected chi connectivity index (χ0v) is 12.4. The van der Waals surface area contributed by atoms with Crippen LogP contribution in [0.25, 0.3) is 21.9 Å². The zero-order valence-electron chi connectivity index (χ0n) is 12.4. The van der Waals surface area contributed by atoms with E-state index in [1.54, 1.807) is 33.3 Å². The number of hydrogen-bond acceptors (Lipinski definition) is 4. The molecule has 2 N–H and O–H groups in total. The van der Waals surface area contributed by atoms with E-state index in [1.165, 1.54) is 0 Å². The van der Waals surface area contributed by atoms with Gasteiger partial charge < -0.3 is 14.8 Å². The summed E-state index contributed by atoms with van der Waals surface area (Å²) in [7, 11) is 0. The fraction of sp³-hybridized carbons (Fsp3) is 0.375. The van der Waals surface area contributed by atoms with Gasteiger partial charge in [0.25, 0.3) is 0 Å². The highest BCUT2D eigenvalue weighted by Gasteiger charge is 2.33. The SMILES string of the molecule is C[C@H](O)[C@@H](n1cnc2cnc3ccccc3c21)C(C)(C)O. The van der Waals surface area contributed by atoms with Gasteiger partial charge in [-0.25, -0.2) is 4.98 Å². The lowest BCUT2D eigenvalue weighted by Crippen LogP contribution is -2.39. The summed E-state index contributed by atoms with van der Waals surface area (Å²) in [5, 5.41) is 21.5. The average molecular weight is 285 g/mol. The van der Waals surface area contributed by atoms with Crippen LogP contribution >= 0.6 is 0 Å². The summed E-state index contributed by atoms with van der Waals surface area (Å²) >= 11 is 0. The molecular formula is C16H19N3O2. The standard InChI is InChI=1S/C16H19N3O2/c1-10(20)15(16(2,3)21)19-9-18-13-8-17-12-7-5-4-6-11(12)14(13)19/h4-10,15,20-21H,1-3H3/t10-,15+/m0/s1. The first-order valence-electron chi connectivity index (χ1n) is 7.00. The normalized spacial score (nSPS) is 15.5. The van der Waals surface area contributed by atoms with Crippen molar-refractivity contribution in [1.82, 2.24) is 14.5 Å². The molecule has 2 aromatic heterocycles. The van der Waals surface area contributed by atoms with Gasteiger partial charge in [0.2, 0.25) is 0 Å². The van der Waals surface area contributed by atoms with Crippen LogP contribution in [0.5, 0.6) is 0 Å². The topological polar surface area (TPSA) is 71.2 Å². The van der Waals surface area contributed by atoms with Crippen LogP contribution < -0.4 is 0 Å². The van der Waals surface area contributed by atoms with Crippen molar-refractivity contribution >= 4 is 21.9 Å². The van der Waals surface area contributed by atoms with E-state index in [4.69, 9.17) is 0 Å². The van der Waals surface area contributed by atoms with E-state index in [-0.39, 0.29) is 0 Å². The summed E-state index contributed by atoms with van der Waals surface area (Å²) in [6.07, 6.45) is 2.67. The van der Waals surface area contributed by atoms with E-state index in [2.05, 4.69) is 9.97 Å². The minimum atomic E-state index is -1.08. The van der Waals surface area contributed by atoms with Gasteiger partial charge in [0.15, 0.2) is 0 Å². The Morgan fingerprint density at radius 3 is 2.52 bits per heavy atom. The van der Waals surface area contributed by atoms with Gasteiger partial charge >= 0.3 is 0 Å². The molecule has 3 aromatic rings. The molecule has 0 aliphatic carbocycles. The molecule has 0 saturated heterocycles. The largest absolute Gasteiger partial charge is 0.391 e. The Labute approximate surface area is 122 Å². The van der Waals surface area contributed by atoms with Gasteiger partial charge in [0, 0.05) is 5.39 Å². The minimum Gasteiger partial charge on any atom is -0.391 e. The molecule has 5 nitrogen and oxygen atoms in total. The molecule has 1 aromatic carbocycles. The zero-order chi connectivity index (χ0) is 15.2. The average Bonchev–Trinajstić information content (AvgIpc) is 2.81. The molecule has 0 spiro atoms. The van der Waals surface area contributed by atoms with Gasteiger partial charge in [0.05, 0.1) is 41.3 Å². The summed E-state index contributed by atoms with van der Waals surface area (Å²) in [4.78, 5) is 8.75. The number of fused-ring (bicyclic) bond motifs is 3. The quantitative estimate of drug-likeness (QED) is 0.774.